The van der Waals surface area contributed by atoms with Crippen molar-refractivity contribution < 1.29 is 13.9 Å². The Balaban J connectivity index is 1.58. The molecule has 28 heavy (non-hydrogen) atoms. The van der Waals surface area contributed by atoms with Gasteiger partial charge in [0.25, 0.3) is 0 Å². The van der Waals surface area contributed by atoms with Crippen molar-refractivity contribution >= 4 is 22.7 Å². The Morgan fingerprint density at radius 2 is 2.14 bits per heavy atom. The molecular formula is C20H19N5O3. The molecule has 4 aromatic rings. The van der Waals surface area contributed by atoms with Gasteiger partial charge < -0.3 is 19.5 Å². The summed E-state index contributed by atoms with van der Waals surface area (Å²) in [7, 11) is 0. The molecule has 0 bridgehead atoms. The van der Waals surface area contributed by atoms with Gasteiger partial charge in [-0.15, -0.1) is 0 Å². The minimum absolute atomic E-state index is 0.179. The fraction of sp³-hybridized carbons (Fsp3) is 0.200. The summed E-state index contributed by atoms with van der Waals surface area (Å²) < 4.78 is 10.6. The van der Waals surface area contributed by atoms with Crippen LogP contribution in [0.4, 0.5) is 5.82 Å². The van der Waals surface area contributed by atoms with E-state index in [0.29, 0.717) is 18.9 Å². The van der Waals surface area contributed by atoms with Crippen molar-refractivity contribution in [2.45, 2.75) is 13.3 Å². The fourth-order valence-electron chi connectivity index (χ4n) is 2.89. The van der Waals surface area contributed by atoms with E-state index in [9.17, 15) is 4.79 Å². The maximum atomic E-state index is 11.8. The van der Waals surface area contributed by atoms with Crippen LogP contribution in [0.3, 0.4) is 0 Å². The monoisotopic (exact) mass is 377 g/mol. The molecule has 0 aliphatic heterocycles. The highest BCUT2D eigenvalue weighted by Gasteiger charge is 2.14. The molecule has 2 N–H and O–H groups in total. The van der Waals surface area contributed by atoms with Gasteiger partial charge in [-0.25, -0.2) is 19.7 Å². The zero-order chi connectivity index (χ0) is 19.3. The highest BCUT2D eigenvalue weighted by Crippen LogP contribution is 2.28. The van der Waals surface area contributed by atoms with Crippen LogP contribution < -0.4 is 5.32 Å². The summed E-state index contributed by atoms with van der Waals surface area (Å²) in [6.45, 7) is 2.75. The number of carbonyl (C=O) groups is 1. The molecule has 0 atom stereocenters. The Morgan fingerprint density at radius 3 is 2.96 bits per heavy atom. The van der Waals surface area contributed by atoms with Crippen LogP contribution in [0.15, 0.2) is 53.6 Å². The van der Waals surface area contributed by atoms with Crippen LogP contribution in [-0.2, 0) is 11.2 Å². The summed E-state index contributed by atoms with van der Waals surface area (Å²) in [6.07, 6.45) is 5.84. The summed E-state index contributed by atoms with van der Waals surface area (Å²) in [5.41, 5.74) is 2.63. The molecule has 0 amide bonds. The van der Waals surface area contributed by atoms with E-state index in [4.69, 9.17) is 9.15 Å². The number of nitrogens with zero attached hydrogens (tertiary/aromatic N) is 3. The van der Waals surface area contributed by atoms with E-state index in [1.165, 1.54) is 6.33 Å². The van der Waals surface area contributed by atoms with Gasteiger partial charge in [-0.1, -0.05) is 0 Å². The van der Waals surface area contributed by atoms with Crippen molar-refractivity contribution in [2.24, 2.45) is 0 Å². The zero-order valence-electron chi connectivity index (χ0n) is 15.3. The Labute approximate surface area is 161 Å². The number of H-pyrrole nitrogens is 1. The smallest absolute Gasteiger partial charge is 0.374 e. The Bertz CT molecular complexity index is 1090. The van der Waals surface area contributed by atoms with Crippen molar-refractivity contribution in [2.75, 3.05) is 18.5 Å². The minimum atomic E-state index is -0.474. The highest BCUT2D eigenvalue weighted by molar-refractivity contribution is 5.92. The third-order valence-electron chi connectivity index (χ3n) is 4.23. The van der Waals surface area contributed by atoms with Crippen LogP contribution in [0.2, 0.25) is 0 Å². The molecule has 4 rings (SSSR count). The summed E-state index contributed by atoms with van der Waals surface area (Å²) >= 11 is 0. The maximum Gasteiger partial charge on any atom is 0.374 e. The topological polar surface area (TPSA) is 106 Å². The lowest BCUT2D eigenvalue weighted by Gasteiger charge is -2.08. The average Bonchev–Trinajstić information content (AvgIpc) is 3.40. The van der Waals surface area contributed by atoms with Crippen LogP contribution >= 0.6 is 0 Å². The first kappa shape index (κ1) is 17.7. The number of anilines is 1. The third kappa shape index (κ3) is 3.71. The predicted molar refractivity (Wildman–Crippen MR) is 104 cm³/mol. The van der Waals surface area contributed by atoms with E-state index >= 15 is 0 Å². The number of nitrogens with one attached hydrogen (secondary N) is 2. The van der Waals surface area contributed by atoms with Crippen molar-refractivity contribution in [3.63, 3.8) is 0 Å². The first-order chi connectivity index (χ1) is 13.7. The van der Waals surface area contributed by atoms with Gasteiger partial charge in [-0.3, -0.25) is 0 Å². The van der Waals surface area contributed by atoms with Gasteiger partial charge in [0.2, 0.25) is 5.76 Å². The van der Waals surface area contributed by atoms with Gasteiger partial charge in [0.15, 0.2) is 0 Å². The van der Waals surface area contributed by atoms with E-state index < -0.39 is 5.97 Å². The van der Waals surface area contributed by atoms with Crippen molar-refractivity contribution in [3.8, 4) is 11.3 Å². The second-order valence-electron chi connectivity index (χ2n) is 6.08. The number of furan rings is 1. The number of ether oxygens (including phenoxy) is 1. The van der Waals surface area contributed by atoms with Crippen molar-refractivity contribution in [3.05, 3.63) is 60.6 Å². The van der Waals surface area contributed by atoms with E-state index in [1.54, 1.807) is 25.4 Å². The van der Waals surface area contributed by atoms with E-state index in [-0.39, 0.29) is 5.76 Å². The summed E-state index contributed by atoms with van der Waals surface area (Å²) in [5.74, 6) is 1.02. The average molecular weight is 377 g/mol. The Hall–Kier alpha value is -3.68. The number of aromatic nitrogens is 4. The minimum Gasteiger partial charge on any atom is -0.460 e. The van der Waals surface area contributed by atoms with Gasteiger partial charge in [-0.2, -0.15) is 0 Å². The number of fused-ring (bicyclic) bond motifs is 1. The predicted octanol–water partition coefficient (Wildman–Crippen LogP) is 3.44. The maximum absolute atomic E-state index is 11.8. The van der Waals surface area contributed by atoms with Gasteiger partial charge in [0, 0.05) is 30.1 Å². The lowest BCUT2D eigenvalue weighted by molar-refractivity contribution is 0.0491. The molecule has 3 heterocycles. The number of imidazole rings is 1. The molecule has 0 aliphatic rings. The van der Waals surface area contributed by atoms with E-state index in [0.717, 1.165) is 34.4 Å². The van der Waals surface area contributed by atoms with Crippen LogP contribution in [0, 0.1) is 0 Å². The summed E-state index contributed by atoms with van der Waals surface area (Å²) in [5, 5.41) is 4.21. The molecule has 0 spiro atoms. The number of rotatable bonds is 7. The lowest BCUT2D eigenvalue weighted by atomic mass is 10.1. The molecule has 3 aromatic heterocycles. The fourth-order valence-corrected chi connectivity index (χ4v) is 2.89. The largest absolute Gasteiger partial charge is 0.460 e. The second kappa shape index (κ2) is 7.91. The molecule has 0 fully saturated rings. The van der Waals surface area contributed by atoms with Crippen LogP contribution in [0.1, 0.15) is 23.2 Å². The molecular weight excluding hydrogens is 358 g/mol. The first-order valence-corrected chi connectivity index (χ1v) is 8.98. The van der Waals surface area contributed by atoms with Crippen molar-refractivity contribution in [1.82, 2.24) is 19.9 Å². The Kier molecular flexibility index (Phi) is 5.01. The first-order valence-electron chi connectivity index (χ1n) is 8.98. The zero-order valence-corrected chi connectivity index (χ0v) is 15.3. The van der Waals surface area contributed by atoms with Gasteiger partial charge in [-0.05, 0) is 37.3 Å². The summed E-state index contributed by atoms with van der Waals surface area (Å²) in [4.78, 5) is 27.7. The molecule has 0 radical (unpaired) electrons. The lowest BCUT2D eigenvalue weighted by Crippen LogP contribution is -2.07. The number of carbonyl (C=O) groups excluding carboxylic acids is 1. The molecule has 142 valence electrons. The molecule has 0 saturated heterocycles. The summed E-state index contributed by atoms with van der Waals surface area (Å²) in [6, 6.07) is 9.11. The number of aromatic amines is 1. The number of hydrogen-bond acceptors (Lipinski definition) is 7. The molecule has 8 heteroatoms. The number of hydrogen-bond donors (Lipinski definition) is 2. The Morgan fingerprint density at radius 1 is 1.21 bits per heavy atom. The highest BCUT2D eigenvalue weighted by atomic mass is 16.5. The molecule has 0 saturated carbocycles. The normalized spacial score (nSPS) is 10.9. The number of esters is 1. The van der Waals surface area contributed by atoms with Crippen molar-refractivity contribution in [1.29, 1.82) is 0 Å². The number of benzene rings is 1. The van der Waals surface area contributed by atoms with Crippen LogP contribution in [-0.4, -0.2) is 39.1 Å². The van der Waals surface area contributed by atoms with Gasteiger partial charge >= 0.3 is 5.97 Å². The second-order valence-corrected chi connectivity index (χ2v) is 6.08. The molecule has 1 aromatic carbocycles. The molecule has 0 unspecified atom stereocenters. The van der Waals surface area contributed by atoms with Crippen LogP contribution in [0.5, 0.6) is 0 Å². The quantitative estimate of drug-likeness (QED) is 0.475. The van der Waals surface area contributed by atoms with E-state index in [2.05, 4.69) is 25.3 Å². The molecule has 0 aliphatic carbocycles. The van der Waals surface area contributed by atoms with Gasteiger partial charge in [0.1, 0.15) is 17.9 Å². The van der Waals surface area contributed by atoms with Crippen LogP contribution in [0.25, 0.3) is 22.2 Å². The molecule has 8 nitrogen and oxygen atoms in total. The standard InChI is InChI=1S/C20H19N5O3/c1-2-27-20(26)18-6-5-17(28-18)13-3-4-16-15(9-13)19(25-12-24-16)22-8-7-14-10-21-11-23-14/h3-6,9-12H,2,7-8H2,1H3,(H,21,23)(H,22,24,25). The van der Waals surface area contributed by atoms with Gasteiger partial charge in [0.05, 0.1) is 24.1 Å². The van der Waals surface area contributed by atoms with E-state index in [1.807, 2.05) is 24.4 Å². The third-order valence-corrected chi connectivity index (χ3v) is 4.23. The SMILES string of the molecule is CCOC(=O)c1ccc(-c2ccc3ncnc(NCCc4c[nH]cn4)c3c2)o1.